The highest BCUT2D eigenvalue weighted by Gasteiger charge is 2.06. The third-order valence-electron chi connectivity index (χ3n) is 2.62. The van der Waals surface area contributed by atoms with Crippen molar-refractivity contribution in [3.63, 3.8) is 0 Å². The molecule has 20 heavy (non-hydrogen) atoms. The van der Waals surface area contributed by atoms with Crippen LogP contribution in [0.2, 0.25) is 0 Å². The van der Waals surface area contributed by atoms with Crippen LogP contribution >= 0.6 is 0 Å². The maximum atomic E-state index is 12.0. The molecule has 0 aromatic heterocycles. The predicted octanol–water partition coefficient (Wildman–Crippen LogP) is 1.90. The molecule has 0 saturated carbocycles. The Bertz CT molecular complexity index is 408. The molecule has 1 aromatic rings. The van der Waals surface area contributed by atoms with Crippen LogP contribution in [0, 0.1) is 0 Å². The number of nitrogens with zero attached hydrogens (tertiary/aromatic N) is 1. The monoisotopic (exact) mass is 286 g/mol. The molecular formula is C14H20F2N2O2. The Morgan fingerprint density at radius 1 is 1.30 bits per heavy atom. The van der Waals surface area contributed by atoms with Crippen molar-refractivity contribution in [1.29, 1.82) is 0 Å². The van der Waals surface area contributed by atoms with Gasteiger partial charge in [0, 0.05) is 6.54 Å². The molecule has 0 unspecified atom stereocenters. The van der Waals surface area contributed by atoms with Gasteiger partial charge in [-0.1, -0.05) is 12.1 Å². The van der Waals surface area contributed by atoms with Gasteiger partial charge >= 0.3 is 6.61 Å². The van der Waals surface area contributed by atoms with Crippen molar-refractivity contribution >= 4 is 5.91 Å². The minimum atomic E-state index is -2.83. The van der Waals surface area contributed by atoms with Crippen molar-refractivity contribution in [2.24, 2.45) is 0 Å². The smallest absolute Gasteiger partial charge is 0.387 e. The summed E-state index contributed by atoms with van der Waals surface area (Å²) < 4.78 is 28.2. The highest BCUT2D eigenvalue weighted by Crippen LogP contribution is 2.15. The second-order valence-corrected chi connectivity index (χ2v) is 4.71. The van der Waals surface area contributed by atoms with E-state index in [4.69, 9.17) is 0 Å². The van der Waals surface area contributed by atoms with E-state index in [0.29, 0.717) is 6.54 Å². The fraction of sp³-hybridized carbons (Fsp3) is 0.500. The fourth-order valence-corrected chi connectivity index (χ4v) is 1.66. The van der Waals surface area contributed by atoms with E-state index in [9.17, 15) is 13.6 Å². The highest BCUT2D eigenvalue weighted by molar-refractivity contribution is 5.78. The van der Waals surface area contributed by atoms with Crippen LogP contribution in [0.5, 0.6) is 5.75 Å². The quantitative estimate of drug-likeness (QED) is 0.742. The summed E-state index contributed by atoms with van der Waals surface area (Å²) in [5, 5.41) is 2.82. The van der Waals surface area contributed by atoms with Gasteiger partial charge in [0.25, 0.3) is 0 Å². The number of carbonyl (C=O) groups is 1. The summed E-state index contributed by atoms with van der Waals surface area (Å²) in [6.45, 7) is -1.29. The number of rotatable bonds is 8. The number of amides is 1. The molecule has 1 aromatic carbocycles. The second-order valence-electron chi connectivity index (χ2n) is 4.71. The number of alkyl halides is 2. The van der Waals surface area contributed by atoms with Crippen LogP contribution in [0.3, 0.4) is 0 Å². The minimum absolute atomic E-state index is 0.0775. The van der Waals surface area contributed by atoms with Gasteiger partial charge in [0.2, 0.25) is 5.91 Å². The van der Waals surface area contributed by atoms with Gasteiger partial charge in [-0.2, -0.15) is 8.78 Å². The van der Waals surface area contributed by atoms with E-state index in [0.717, 1.165) is 18.5 Å². The number of carbonyl (C=O) groups excluding carboxylic acids is 1. The van der Waals surface area contributed by atoms with Crippen molar-refractivity contribution in [2.75, 3.05) is 27.2 Å². The van der Waals surface area contributed by atoms with Gasteiger partial charge in [-0.3, -0.25) is 4.79 Å². The maximum Gasteiger partial charge on any atom is 0.387 e. The largest absolute Gasteiger partial charge is 0.435 e. The first-order chi connectivity index (χ1) is 9.47. The van der Waals surface area contributed by atoms with Gasteiger partial charge in [-0.05, 0) is 44.8 Å². The van der Waals surface area contributed by atoms with Crippen molar-refractivity contribution in [1.82, 2.24) is 10.2 Å². The number of ether oxygens (including phenoxy) is 1. The number of nitrogens with one attached hydrogen (secondary N) is 1. The molecule has 0 atom stereocenters. The van der Waals surface area contributed by atoms with E-state index in [1.807, 2.05) is 19.0 Å². The second kappa shape index (κ2) is 8.47. The van der Waals surface area contributed by atoms with Crippen LogP contribution < -0.4 is 10.1 Å². The van der Waals surface area contributed by atoms with Crippen LogP contribution in [0.1, 0.15) is 12.0 Å². The lowest BCUT2D eigenvalue weighted by atomic mass is 10.1. The molecule has 0 spiro atoms. The summed E-state index contributed by atoms with van der Waals surface area (Å²) in [4.78, 5) is 13.7. The minimum Gasteiger partial charge on any atom is -0.435 e. The zero-order valence-corrected chi connectivity index (χ0v) is 11.7. The lowest BCUT2D eigenvalue weighted by molar-refractivity contribution is -0.120. The summed E-state index contributed by atoms with van der Waals surface area (Å²) in [6, 6.07) is 6.08. The normalized spacial score (nSPS) is 10.9. The topological polar surface area (TPSA) is 41.6 Å². The first-order valence-corrected chi connectivity index (χ1v) is 6.42. The Kier molecular flexibility index (Phi) is 6.93. The standard InChI is InChI=1S/C14H20F2N2O2/c1-18(2)9-3-8-17-13(19)10-11-4-6-12(7-5-11)20-14(15)16/h4-7,14H,3,8-10H2,1-2H3,(H,17,19). The number of halogens is 2. The van der Waals surface area contributed by atoms with Crippen molar-refractivity contribution in [3.8, 4) is 5.75 Å². The van der Waals surface area contributed by atoms with Crippen molar-refractivity contribution in [3.05, 3.63) is 29.8 Å². The average Bonchev–Trinajstić information content (AvgIpc) is 2.36. The van der Waals surface area contributed by atoms with Crippen LogP contribution in [0.15, 0.2) is 24.3 Å². The Morgan fingerprint density at radius 2 is 1.95 bits per heavy atom. The lowest BCUT2D eigenvalue weighted by Crippen LogP contribution is -2.28. The molecule has 0 aliphatic carbocycles. The third-order valence-corrected chi connectivity index (χ3v) is 2.62. The molecule has 0 heterocycles. The molecule has 1 N–H and O–H groups in total. The summed E-state index contributed by atoms with van der Waals surface area (Å²) in [5.41, 5.74) is 0.761. The average molecular weight is 286 g/mol. The highest BCUT2D eigenvalue weighted by atomic mass is 19.3. The van der Waals surface area contributed by atoms with E-state index in [2.05, 4.69) is 10.1 Å². The van der Waals surface area contributed by atoms with Gasteiger partial charge < -0.3 is 15.0 Å². The molecule has 0 radical (unpaired) electrons. The van der Waals surface area contributed by atoms with Gasteiger partial charge in [-0.25, -0.2) is 0 Å². The predicted molar refractivity (Wildman–Crippen MR) is 73.0 cm³/mol. The Labute approximate surface area is 117 Å². The molecule has 4 nitrogen and oxygen atoms in total. The summed E-state index contributed by atoms with van der Waals surface area (Å²) in [5.74, 6) is 0.0152. The summed E-state index contributed by atoms with van der Waals surface area (Å²) in [6.07, 6.45) is 1.12. The third kappa shape index (κ3) is 7.04. The molecule has 1 rings (SSSR count). The molecule has 0 saturated heterocycles. The Hall–Kier alpha value is -1.69. The van der Waals surface area contributed by atoms with E-state index in [1.54, 1.807) is 12.1 Å². The van der Waals surface area contributed by atoms with Crippen LogP contribution in [-0.4, -0.2) is 44.6 Å². The fourth-order valence-electron chi connectivity index (χ4n) is 1.66. The molecule has 0 aliphatic rings. The van der Waals surface area contributed by atoms with Crippen LogP contribution in [0.25, 0.3) is 0 Å². The van der Waals surface area contributed by atoms with E-state index in [-0.39, 0.29) is 18.1 Å². The van der Waals surface area contributed by atoms with E-state index >= 15 is 0 Å². The summed E-state index contributed by atoms with van der Waals surface area (Å²) >= 11 is 0. The zero-order chi connectivity index (χ0) is 15.0. The first-order valence-electron chi connectivity index (χ1n) is 6.42. The molecular weight excluding hydrogens is 266 g/mol. The number of benzene rings is 1. The van der Waals surface area contributed by atoms with E-state index < -0.39 is 6.61 Å². The zero-order valence-electron chi connectivity index (χ0n) is 11.7. The molecule has 0 bridgehead atoms. The Morgan fingerprint density at radius 3 is 2.50 bits per heavy atom. The summed E-state index contributed by atoms with van der Waals surface area (Å²) in [7, 11) is 3.95. The number of hydrogen-bond donors (Lipinski definition) is 1. The van der Waals surface area contributed by atoms with Crippen LogP contribution in [0.4, 0.5) is 8.78 Å². The van der Waals surface area contributed by atoms with Gasteiger partial charge in [0.15, 0.2) is 0 Å². The molecule has 6 heteroatoms. The van der Waals surface area contributed by atoms with E-state index in [1.165, 1.54) is 12.1 Å². The number of hydrogen-bond acceptors (Lipinski definition) is 3. The van der Waals surface area contributed by atoms with Crippen LogP contribution in [-0.2, 0) is 11.2 Å². The Balaban J connectivity index is 2.31. The maximum absolute atomic E-state index is 12.0. The molecule has 112 valence electrons. The SMILES string of the molecule is CN(C)CCCNC(=O)Cc1ccc(OC(F)F)cc1. The lowest BCUT2D eigenvalue weighted by Gasteiger charge is -2.10. The molecule has 0 aliphatic heterocycles. The van der Waals surface area contributed by atoms with Gasteiger partial charge in [-0.15, -0.1) is 0 Å². The van der Waals surface area contributed by atoms with Crippen molar-refractivity contribution < 1.29 is 18.3 Å². The first kappa shape index (κ1) is 16.4. The van der Waals surface area contributed by atoms with Gasteiger partial charge in [0.05, 0.1) is 6.42 Å². The van der Waals surface area contributed by atoms with Crippen molar-refractivity contribution in [2.45, 2.75) is 19.5 Å². The van der Waals surface area contributed by atoms with Gasteiger partial charge in [0.1, 0.15) is 5.75 Å². The molecule has 0 fully saturated rings. The molecule has 1 amide bonds.